The van der Waals surface area contributed by atoms with Crippen LogP contribution in [-0.2, 0) is 41.0 Å². The van der Waals surface area contributed by atoms with Gasteiger partial charge in [-0.15, -0.1) is 22.7 Å². The van der Waals surface area contributed by atoms with Gasteiger partial charge in [-0.05, 0) is 65.4 Å². The van der Waals surface area contributed by atoms with Crippen molar-refractivity contribution in [2.45, 2.75) is 51.5 Å². The molecule has 14 heteroatoms. The Bertz CT molecular complexity index is 1650. The van der Waals surface area contributed by atoms with Crippen LogP contribution in [-0.4, -0.2) is 60.2 Å². The average Bonchev–Trinajstić information content (AvgIpc) is 3.75. The summed E-state index contributed by atoms with van der Waals surface area (Å²) in [6.45, 7) is 1.42. The van der Waals surface area contributed by atoms with Crippen molar-refractivity contribution in [1.29, 1.82) is 0 Å². The van der Waals surface area contributed by atoms with Gasteiger partial charge < -0.3 is 25.5 Å². The van der Waals surface area contributed by atoms with Gasteiger partial charge in [0.15, 0.2) is 0 Å². The van der Waals surface area contributed by atoms with Gasteiger partial charge in [0.2, 0.25) is 15.9 Å². The zero-order valence-corrected chi connectivity index (χ0v) is 28.5. The summed E-state index contributed by atoms with van der Waals surface area (Å²) in [5.41, 5.74) is 1.93. The molecule has 0 unspecified atom stereocenters. The van der Waals surface area contributed by atoms with E-state index in [1.54, 1.807) is 51.8 Å². The summed E-state index contributed by atoms with van der Waals surface area (Å²) in [6.07, 6.45) is 1.35. The molecule has 4 N–H and O–H groups in total. The van der Waals surface area contributed by atoms with Gasteiger partial charge in [-0.25, -0.2) is 18.0 Å². The molecule has 2 aromatic heterocycles. The number of nitrogens with one attached hydrogen (secondary N) is 3. The smallest absolute Gasteiger partial charge is 0.407 e. The van der Waals surface area contributed by atoms with Gasteiger partial charge in [0.1, 0.15) is 6.04 Å². The Morgan fingerprint density at radius 1 is 0.809 bits per heavy atom. The quantitative estimate of drug-likeness (QED) is 0.101. The molecule has 47 heavy (non-hydrogen) atoms. The second kappa shape index (κ2) is 17.5. The molecule has 4 rings (SSSR count). The summed E-state index contributed by atoms with van der Waals surface area (Å²) in [7, 11) is -3.46. The highest BCUT2D eigenvalue weighted by atomic mass is 32.2. The van der Waals surface area contributed by atoms with E-state index in [0.29, 0.717) is 43.6 Å². The van der Waals surface area contributed by atoms with Gasteiger partial charge in [-0.3, -0.25) is 9.52 Å². The predicted octanol–water partition coefficient (Wildman–Crippen LogP) is 5.93. The maximum atomic E-state index is 14.1. The third-order valence-corrected chi connectivity index (χ3v) is 9.44. The molecule has 0 saturated carbocycles. The highest BCUT2D eigenvalue weighted by Gasteiger charge is 2.27. The molecule has 4 amide bonds. The van der Waals surface area contributed by atoms with Crippen LogP contribution < -0.4 is 15.4 Å². The van der Waals surface area contributed by atoms with Crippen molar-refractivity contribution in [3.05, 3.63) is 111 Å². The van der Waals surface area contributed by atoms with Crippen LogP contribution >= 0.6 is 22.7 Å². The van der Waals surface area contributed by atoms with Gasteiger partial charge in [0.05, 0.1) is 19.3 Å². The van der Waals surface area contributed by atoms with Crippen LogP contribution in [0.4, 0.5) is 15.3 Å². The fourth-order valence-corrected chi connectivity index (χ4v) is 6.91. The first-order valence-corrected chi connectivity index (χ1v) is 18.7. The number of benzene rings is 2. The third-order valence-electron chi connectivity index (χ3n) is 7.11. The minimum atomic E-state index is -3.46. The van der Waals surface area contributed by atoms with Crippen LogP contribution in [0.1, 0.15) is 40.1 Å². The summed E-state index contributed by atoms with van der Waals surface area (Å²) in [5, 5.41) is 19.3. The van der Waals surface area contributed by atoms with Crippen molar-refractivity contribution < 1.29 is 27.9 Å². The predicted molar refractivity (Wildman–Crippen MR) is 186 cm³/mol. The molecule has 0 aliphatic carbocycles. The number of rotatable bonds is 17. The molecular formula is C33H39N5O6S3. The number of carboxylic acid groups (broad SMARTS) is 1. The van der Waals surface area contributed by atoms with E-state index in [2.05, 4.69) is 15.4 Å². The summed E-state index contributed by atoms with van der Waals surface area (Å²) in [6, 6.07) is 22.4. The van der Waals surface area contributed by atoms with E-state index in [1.807, 2.05) is 65.4 Å². The Morgan fingerprint density at radius 2 is 1.47 bits per heavy atom. The SMILES string of the molecule is CS(=O)(=O)Nc1cccc(CNC(=O)N[C@@H](CCCCN(Cc2ccccc2)C(=O)O)C(=O)N(Cc2cccs2)Cc2cccs2)c1. The van der Waals surface area contributed by atoms with Crippen molar-refractivity contribution in [3.8, 4) is 0 Å². The largest absolute Gasteiger partial charge is 0.465 e. The van der Waals surface area contributed by atoms with E-state index in [9.17, 15) is 27.9 Å². The standard InChI is InChI=1S/C33H39N5O6S3/c1-47(43,44)36-27-13-7-12-26(20-27)21-34-32(40)35-30(16-5-6-17-37(33(41)42)22-25-10-3-2-4-11-25)31(39)38(23-28-14-8-18-45-28)24-29-15-9-19-46-29/h2-4,7-15,18-20,30,36H,5-6,16-17,21-24H2,1H3,(H,41,42)(H2,34,35,40)/t30-/m0/s1. The number of hydrogen-bond acceptors (Lipinski definition) is 7. The molecule has 0 aliphatic rings. The number of anilines is 1. The first-order valence-electron chi connectivity index (χ1n) is 15.0. The number of thiophene rings is 2. The minimum Gasteiger partial charge on any atom is -0.465 e. The Kier molecular flexibility index (Phi) is 13.2. The third kappa shape index (κ3) is 12.4. The van der Waals surface area contributed by atoms with Crippen LogP contribution in [0.15, 0.2) is 89.6 Å². The van der Waals surface area contributed by atoms with Crippen LogP contribution in [0.2, 0.25) is 0 Å². The number of hydrogen-bond donors (Lipinski definition) is 4. The van der Waals surface area contributed by atoms with Crippen LogP contribution in [0, 0.1) is 0 Å². The second-order valence-corrected chi connectivity index (χ2v) is 14.8. The molecule has 2 aromatic carbocycles. The lowest BCUT2D eigenvalue weighted by Gasteiger charge is -2.28. The zero-order valence-electron chi connectivity index (χ0n) is 26.0. The fourth-order valence-electron chi connectivity index (χ4n) is 4.92. The maximum absolute atomic E-state index is 14.1. The fraction of sp³-hybridized carbons (Fsp3) is 0.303. The summed E-state index contributed by atoms with van der Waals surface area (Å²) in [5.74, 6) is -0.235. The molecule has 0 fully saturated rings. The van der Waals surface area contributed by atoms with Crippen LogP contribution in [0.3, 0.4) is 0 Å². The monoisotopic (exact) mass is 697 g/mol. The number of nitrogens with zero attached hydrogens (tertiary/aromatic N) is 2. The van der Waals surface area contributed by atoms with Gasteiger partial charge in [0, 0.05) is 35.1 Å². The molecule has 1 atom stereocenters. The van der Waals surface area contributed by atoms with E-state index in [0.717, 1.165) is 21.6 Å². The number of carbonyl (C=O) groups is 3. The van der Waals surface area contributed by atoms with Gasteiger partial charge in [0.25, 0.3) is 0 Å². The Labute approximate surface area is 283 Å². The van der Waals surface area contributed by atoms with E-state index in [4.69, 9.17) is 0 Å². The average molecular weight is 698 g/mol. The van der Waals surface area contributed by atoms with Crippen molar-refractivity contribution in [2.75, 3.05) is 17.5 Å². The van der Waals surface area contributed by atoms with E-state index in [-0.39, 0.29) is 25.5 Å². The van der Waals surface area contributed by atoms with Gasteiger partial charge >= 0.3 is 12.1 Å². The second-order valence-electron chi connectivity index (χ2n) is 11.0. The number of sulfonamides is 1. The van der Waals surface area contributed by atoms with E-state index < -0.39 is 28.2 Å². The van der Waals surface area contributed by atoms with Crippen molar-refractivity contribution in [3.63, 3.8) is 0 Å². The molecular weight excluding hydrogens is 659 g/mol. The lowest BCUT2D eigenvalue weighted by molar-refractivity contribution is -0.134. The van der Waals surface area contributed by atoms with Crippen molar-refractivity contribution in [1.82, 2.24) is 20.4 Å². The minimum absolute atomic E-state index is 0.104. The Morgan fingerprint density at radius 3 is 2.06 bits per heavy atom. The topological polar surface area (TPSA) is 148 Å². The molecule has 11 nitrogen and oxygen atoms in total. The summed E-state index contributed by atoms with van der Waals surface area (Å²) in [4.78, 5) is 44.3. The summed E-state index contributed by atoms with van der Waals surface area (Å²) >= 11 is 3.10. The number of amides is 4. The first-order chi connectivity index (χ1) is 22.6. The van der Waals surface area contributed by atoms with Crippen LogP contribution in [0.25, 0.3) is 0 Å². The highest BCUT2D eigenvalue weighted by Crippen LogP contribution is 2.20. The highest BCUT2D eigenvalue weighted by molar-refractivity contribution is 7.92. The maximum Gasteiger partial charge on any atom is 0.407 e. The molecule has 0 aliphatic heterocycles. The molecule has 0 radical (unpaired) electrons. The number of urea groups is 1. The number of unbranched alkanes of at least 4 members (excludes halogenated alkanes) is 1. The van der Waals surface area contributed by atoms with E-state index >= 15 is 0 Å². The molecule has 4 aromatic rings. The Balaban J connectivity index is 1.43. The number of carbonyl (C=O) groups excluding carboxylic acids is 2. The normalized spacial score (nSPS) is 11.8. The molecule has 0 spiro atoms. The van der Waals surface area contributed by atoms with Crippen LogP contribution in [0.5, 0.6) is 0 Å². The van der Waals surface area contributed by atoms with E-state index in [1.165, 1.54) is 4.90 Å². The summed E-state index contributed by atoms with van der Waals surface area (Å²) < 4.78 is 25.7. The lowest BCUT2D eigenvalue weighted by Crippen LogP contribution is -2.50. The van der Waals surface area contributed by atoms with Crippen molar-refractivity contribution >= 4 is 56.4 Å². The molecule has 250 valence electrons. The van der Waals surface area contributed by atoms with Gasteiger partial charge in [-0.2, -0.15) is 0 Å². The molecule has 0 saturated heterocycles. The van der Waals surface area contributed by atoms with Gasteiger partial charge in [-0.1, -0.05) is 54.6 Å². The zero-order chi connectivity index (χ0) is 33.6. The molecule has 0 bridgehead atoms. The molecule has 2 heterocycles. The lowest BCUT2D eigenvalue weighted by atomic mass is 10.1. The first kappa shape index (κ1) is 35.5. The Hall–Kier alpha value is -4.40. The van der Waals surface area contributed by atoms with Crippen molar-refractivity contribution in [2.24, 2.45) is 0 Å².